The van der Waals surface area contributed by atoms with Gasteiger partial charge in [0, 0.05) is 16.7 Å². The summed E-state index contributed by atoms with van der Waals surface area (Å²) in [4.78, 5) is 11.5. The van der Waals surface area contributed by atoms with Crippen LogP contribution in [0.4, 0.5) is 4.39 Å². The topological polar surface area (TPSA) is 57.1 Å². The molecule has 5 nitrogen and oxygen atoms in total. The fraction of sp³-hybridized carbons (Fsp3) is 0.0625. The molecule has 0 aliphatic carbocycles. The van der Waals surface area contributed by atoms with Crippen molar-refractivity contribution in [2.24, 2.45) is 10.2 Å². The number of nitrogens with zero attached hydrogens (tertiary/aromatic N) is 3. The highest BCUT2D eigenvalue weighted by atomic mass is 19.1. The SMILES string of the molecule is O=C1CN2N=C(c3ccc(F)cc3)c3ccccc3C2=NN1. The summed E-state index contributed by atoms with van der Waals surface area (Å²) >= 11 is 0. The monoisotopic (exact) mass is 294 g/mol. The Morgan fingerprint density at radius 1 is 1.05 bits per heavy atom. The second-order valence-corrected chi connectivity index (χ2v) is 5.03. The third kappa shape index (κ3) is 1.96. The normalized spacial score (nSPS) is 16.2. The molecular weight excluding hydrogens is 283 g/mol. The Bertz CT molecular complexity index is 826. The molecule has 1 N–H and O–H groups in total. The van der Waals surface area contributed by atoms with Gasteiger partial charge in [0.05, 0.1) is 5.71 Å². The number of amidine groups is 1. The lowest BCUT2D eigenvalue weighted by Gasteiger charge is -2.30. The van der Waals surface area contributed by atoms with Crippen LogP contribution in [-0.2, 0) is 4.79 Å². The van der Waals surface area contributed by atoms with Crippen LogP contribution in [0.1, 0.15) is 16.7 Å². The number of amides is 1. The summed E-state index contributed by atoms with van der Waals surface area (Å²) in [5.41, 5.74) is 5.75. The van der Waals surface area contributed by atoms with Gasteiger partial charge in [-0.15, -0.1) is 0 Å². The van der Waals surface area contributed by atoms with Crippen molar-refractivity contribution in [2.75, 3.05) is 6.54 Å². The molecule has 0 radical (unpaired) electrons. The van der Waals surface area contributed by atoms with Gasteiger partial charge in [-0.1, -0.05) is 24.3 Å². The van der Waals surface area contributed by atoms with Crippen molar-refractivity contribution in [3.63, 3.8) is 0 Å². The number of fused-ring (bicyclic) bond motifs is 3. The molecule has 0 saturated carbocycles. The van der Waals surface area contributed by atoms with Crippen LogP contribution in [0.5, 0.6) is 0 Å². The third-order valence-corrected chi connectivity index (χ3v) is 3.59. The van der Waals surface area contributed by atoms with Crippen molar-refractivity contribution in [1.29, 1.82) is 0 Å². The Morgan fingerprint density at radius 3 is 2.55 bits per heavy atom. The predicted octanol–water partition coefficient (Wildman–Crippen LogP) is 1.69. The molecule has 0 spiro atoms. The number of halogens is 1. The van der Waals surface area contributed by atoms with Crippen molar-refractivity contribution >= 4 is 17.5 Å². The number of hydrogen-bond acceptors (Lipinski definition) is 4. The third-order valence-electron chi connectivity index (χ3n) is 3.59. The molecule has 2 heterocycles. The maximum absolute atomic E-state index is 13.1. The van der Waals surface area contributed by atoms with Crippen LogP contribution in [0.15, 0.2) is 58.7 Å². The average molecular weight is 294 g/mol. The minimum absolute atomic E-state index is 0.109. The number of rotatable bonds is 1. The average Bonchev–Trinajstić information content (AvgIpc) is 2.54. The molecule has 2 aromatic rings. The summed E-state index contributed by atoms with van der Waals surface area (Å²) in [5.74, 6) is 0.0967. The van der Waals surface area contributed by atoms with Gasteiger partial charge in [0.15, 0.2) is 5.84 Å². The van der Waals surface area contributed by atoms with Crippen LogP contribution in [0, 0.1) is 5.82 Å². The Balaban J connectivity index is 1.91. The van der Waals surface area contributed by atoms with Gasteiger partial charge in [-0.05, 0) is 24.3 Å². The molecule has 1 amide bonds. The van der Waals surface area contributed by atoms with Crippen molar-refractivity contribution in [3.05, 3.63) is 71.0 Å². The van der Waals surface area contributed by atoms with E-state index in [9.17, 15) is 9.18 Å². The van der Waals surface area contributed by atoms with Gasteiger partial charge in [-0.25, -0.2) is 14.8 Å². The number of hydrazone groups is 2. The quantitative estimate of drug-likeness (QED) is 0.870. The number of carbonyl (C=O) groups excluding carboxylic acids is 1. The minimum Gasteiger partial charge on any atom is -0.271 e. The van der Waals surface area contributed by atoms with E-state index in [-0.39, 0.29) is 18.3 Å². The van der Waals surface area contributed by atoms with E-state index in [0.717, 1.165) is 16.7 Å². The van der Waals surface area contributed by atoms with Crippen LogP contribution < -0.4 is 5.43 Å². The van der Waals surface area contributed by atoms with E-state index in [4.69, 9.17) is 0 Å². The number of nitrogens with one attached hydrogen (secondary N) is 1. The van der Waals surface area contributed by atoms with E-state index in [0.29, 0.717) is 11.5 Å². The molecule has 2 aliphatic heterocycles. The van der Waals surface area contributed by atoms with Crippen LogP contribution >= 0.6 is 0 Å². The first-order chi connectivity index (χ1) is 10.7. The molecule has 6 heteroatoms. The van der Waals surface area contributed by atoms with Gasteiger partial charge in [0.2, 0.25) is 0 Å². The summed E-state index contributed by atoms with van der Waals surface area (Å²) in [6, 6.07) is 13.8. The zero-order valence-electron chi connectivity index (χ0n) is 11.5. The molecule has 0 saturated heterocycles. The zero-order chi connectivity index (χ0) is 15.1. The van der Waals surface area contributed by atoms with Crippen LogP contribution in [0.2, 0.25) is 0 Å². The molecule has 2 aromatic carbocycles. The largest absolute Gasteiger partial charge is 0.271 e. The molecule has 0 fully saturated rings. The summed E-state index contributed by atoms with van der Waals surface area (Å²) in [6.07, 6.45) is 0. The van der Waals surface area contributed by atoms with Crippen molar-refractivity contribution < 1.29 is 9.18 Å². The van der Waals surface area contributed by atoms with Gasteiger partial charge in [0.1, 0.15) is 12.4 Å². The standard InChI is InChI=1S/C16H11FN4O/c17-11-7-5-10(6-8-11)15-12-3-1-2-4-13(12)16-19-18-14(22)9-21(16)20-15/h1-8H,9H2,(H,18,22). The summed E-state index contributed by atoms with van der Waals surface area (Å²) in [6.45, 7) is 0.109. The first-order valence-electron chi connectivity index (χ1n) is 6.81. The smallest absolute Gasteiger partial charge is 0.261 e. The molecule has 0 aromatic heterocycles. The lowest BCUT2D eigenvalue weighted by atomic mass is 9.95. The highest BCUT2D eigenvalue weighted by Gasteiger charge is 2.29. The van der Waals surface area contributed by atoms with Crippen molar-refractivity contribution in [1.82, 2.24) is 10.4 Å². The molecule has 0 unspecified atom stereocenters. The van der Waals surface area contributed by atoms with Crippen LogP contribution in [0.25, 0.3) is 0 Å². The van der Waals surface area contributed by atoms with Gasteiger partial charge < -0.3 is 0 Å². The predicted molar refractivity (Wildman–Crippen MR) is 79.9 cm³/mol. The Hall–Kier alpha value is -3.02. The fourth-order valence-corrected chi connectivity index (χ4v) is 2.58. The Morgan fingerprint density at radius 2 is 1.77 bits per heavy atom. The van der Waals surface area contributed by atoms with Crippen molar-refractivity contribution in [2.45, 2.75) is 0 Å². The van der Waals surface area contributed by atoms with E-state index in [2.05, 4.69) is 15.6 Å². The molecule has 0 bridgehead atoms. The first-order valence-corrected chi connectivity index (χ1v) is 6.81. The fourth-order valence-electron chi connectivity index (χ4n) is 2.58. The van der Waals surface area contributed by atoms with Gasteiger partial charge in [0.25, 0.3) is 5.91 Å². The van der Waals surface area contributed by atoms with E-state index in [1.807, 2.05) is 24.3 Å². The molecule has 22 heavy (non-hydrogen) atoms. The first kappa shape index (κ1) is 12.7. The second-order valence-electron chi connectivity index (χ2n) is 5.03. The number of carbonyl (C=O) groups is 1. The maximum atomic E-state index is 13.1. The highest BCUT2D eigenvalue weighted by molar-refractivity contribution is 6.22. The number of benzene rings is 2. The Labute approximate surface area is 125 Å². The summed E-state index contributed by atoms with van der Waals surface area (Å²) in [7, 11) is 0. The zero-order valence-corrected chi connectivity index (χ0v) is 11.5. The van der Waals surface area contributed by atoms with Gasteiger partial charge in [-0.3, -0.25) is 4.79 Å². The van der Waals surface area contributed by atoms with Gasteiger partial charge in [-0.2, -0.15) is 10.2 Å². The van der Waals surface area contributed by atoms with E-state index in [1.54, 1.807) is 17.1 Å². The molecule has 108 valence electrons. The molecule has 0 atom stereocenters. The highest BCUT2D eigenvalue weighted by Crippen LogP contribution is 2.24. The Kier molecular flexibility index (Phi) is 2.75. The van der Waals surface area contributed by atoms with Gasteiger partial charge >= 0.3 is 0 Å². The second kappa shape index (κ2) is 4.77. The van der Waals surface area contributed by atoms with Crippen LogP contribution in [-0.4, -0.2) is 29.0 Å². The lowest BCUT2D eigenvalue weighted by molar-refractivity contribution is -0.122. The number of hydrogen-bond donors (Lipinski definition) is 1. The van der Waals surface area contributed by atoms with Crippen LogP contribution in [0.3, 0.4) is 0 Å². The molecule has 4 rings (SSSR count). The molecular formula is C16H11FN4O. The summed E-state index contributed by atoms with van der Waals surface area (Å²) in [5, 5.41) is 10.2. The van der Waals surface area contributed by atoms with E-state index < -0.39 is 0 Å². The van der Waals surface area contributed by atoms with E-state index >= 15 is 0 Å². The van der Waals surface area contributed by atoms with E-state index in [1.165, 1.54) is 12.1 Å². The lowest BCUT2D eigenvalue weighted by Crippen LogP contribution is -2.45. The summed E-state index contributed by atoms with van der Waals surface area (Å²) < 4.78 is 13.1. The van der Waals surface area contributed by atoms with Crippen molar-refractivity contribution in [3.8, 4) is 0 Å². The minimum atomic E-state index is -0.298. The molecule has 2 aliphatic rings. The maximum Gasteiger partial charge on any atom is 0.261 e.